The molecule has 1 aromatic rings. The van der Waals surface area contributed by atoms with Crippen molar-refractivity contribution in [2.75, 3.05) is 18.9 Å². The topological polar surface area (TPSA) is 86.8 Å². The lowest BCUT2D eigenvalue weighted by molar-refractivity contribution is 0.0695. The van der Waals surface area contributed by atoms with Gasteiger partial charge in [0.05, 0.1) is 5.56 Å². The molecule has 2 rings (SSSR count). The minimum atomic E-state index is -0.968. The van der Waals surface area contributed by atoms with Crippen molar-refractivity contribution < 1.29 is 15.0 Å². The fraction of sp³-hybridized carbons (Fsp3) is 0.533. The second kappa shape index (κ2) is 6.72. The van der Waals surface area contributed by atoms with E-state index in [9.17, 15) is 9.90 Å². The van der Waals surface area contributed by atoms with Crippen LogP contribution >= 0.6 is 0 Å². The summed E-state index contributed by atoms with van der Waals surface area (Å²) in [4.78, 5) is 13.6. The highest BCUT2D eigenvalue weighted by Gasteiger charge is 2.25. The zero-order valence-electron chi connectivity index (χ0n) is 11.6. The van der Waals surface area contributed by atoms with Crippen LogP contribution in [0.5, 0.6) is 0 Å². The molecule has 0 aromatic heterocycles. The molecule has 1 heterocycles. The molecule has 0 aliphatic carbocycles. The van der Waals surface area contributed by atoms with E-state index >= 15 is 0 Å². The van der Waals surface area contributed by atoms with Gasteiger partial charge in [0.1, 0.15) is 0 Å². The lowest BCUT2D eigenvalue weighted by atomic mass is 10.0. The number of carboxylic acid groups (broad SMARTS) is 1. The van der Waals surface area contributed by atoms with Gasteiger partial charge in [0.15, 0.2) is 0 Å². The quantitative estimate of drug-likeness (QED) is 0.689. The molecule has 0 spiro atoms. The number of nitrogens with two attached hydrogens (primary N) is 1. The van der Waals surface area contributed by atoms with Gasteiger partial charge >= 0.3 is 5.97 Å². The molecule has 1 aliphatic rings. The van der Waals surface area contributed by atoms with Crippen LogP contribution in [0.1, 0.15) is 41.6 Å². The standard InChI is InChI=1S/C15H22N2O3/c16-13-7-1-4-11(14(13)15(19)20)10-17-8-2-5-12(17)6-3-9-18/h1,4,7,12,18H,2-3,5-6,8-10,16H2,(H,19,20). The van der Waals surface area contributed by atoms with E-state index in [0.717, 1.165) is 37.8 Å². The highest BCUT2D eigenvalue weighted by molar-refractivity contribution is 5.95. The van der Waals surface area contributed by atoms with Crippen LogP contribution in [-0.2, 0) is 6.54 Å². The Morgan fingerprint density at radius 2 is 2.25 bits per heavy atom. The molecule has 1 atom stereocenters. The van der Waals surface area contributed by atoms with Crippen LogP contribution in [0, 0.1) is 0 Å². The molecule has 1 saturated heterocycles. The first kappa shape index (κ1) is 14.8. The van der Waals surface area contributed by atoms with E-state index in [1.807, 2.05) is 6.07 Å². The maximum absolute atomic E-state index is 11.3. The fourth-order valence-electron chi connectivity index (χ4n) is 2.99. The number of hydrogen-bond acceptors (Lipinski definition) is 4. The molecule has 0 bridgehead atoms. The molecule has 4 N–H and O–H groups in total. The fourth-order valence-corrected chi connectivity index (χ4v) is 2.99. The Bertz CT molecular complexity index is 476. The van der Waals surface area contributed by atoms with E-state index in [1.165, 1.54) is 0 Å². The number of carbonyl (C=O) groups is 1. The van der Waals surface area contributed by atoms with E-state index in [-0.39, 0.29) is 12.2 Å². The van der Waals surface area contributed by atoms with Gasteiger partial charge in [-0.3, -0.25) is 4.90 Å². The molecule has 5 heteroatoms. The van der Waals surface area contributed by atoms with Crippen LogP contribution in [0.4, 0.5) is 5.69 Å². The van der Waals surface area contributed by atoms with Crippen LogP contribution in [0.25, 0.3) is 0 Å². The number of aliphatic hydroxyl groups excluding tert-OH is 1. The Labute approximate surface area is 119 Å². The minimum Gasteiger partial charge on any atom is -0.478 e. The number of benzene rings is 1. The van der Waals surface area contributed by atoms with Crippen molar-refractivity contribution in [3.63, 3.8) is 0 Å². The van der Waals surface area contributed by atoms with Gasteiger partial charge in [-0.2, -0.15) is 0 Å². The van der Waals surface area contributed by atoms with E-state index in [1.54, 1.807) is 12.1 Å². The second-order valence-electron chi connectivity index (χ2n) is 5.32. The summed E-state index contributed by atoms with van der Waals surface area (Å²) >= 11 is 0. The van der Waals surface area contributed by atoms with Crippen molar-refractivity contribution in [1.82, 2.24) is 4.90 Å². The number of nitrogens with zero attached hydrogens (tertiary/aromatic N) is 1. The van der Waals surface area contributed by atoms with Gasteiger partial charge in [-0.25, -0.2) is 4.79 Å². The number of likely N-dealkylation sites (tertiary alicyclic amines) is 1. The van der Waals surface area contributed by atoms with Crippen molar-refractivity contribution >= 4 is 11.7 Å². The van der Waals surface area contributed by atoms with Crippen molar-refractivity contribution in [2.45, 2.75) is 38.3 Å². The van der Waals surface area contributed by atoms with E-state index < -0.39 is 5.97 Å². The third-order valence-corrected chi connectivity index (χ3v) is 3.96. The first-order valence-electron chi connectivity index (χ1n) is 7.09. The molecule has 110 valence electrons. The summed E-state index contributed by atoms with van der Waals surface area (Å²) in [5, 5.41) is 18.2. The molecular weight excluding hydrogens is 256 g/mol. The number of aliphatic hydroxyl groups is 1. The summed E-state index contributed by atoms with van der Waals surface area (Å²) in [6, 6.07) is 5.70. The molecule has 20 heavy (non-hydrogen) atoms. The summed E-state index contributed by atoms with van der Waals surface area (Å²) in [6.07, 6.45) is 4.00. The zero-order chi connectivity index (χ0) is 14.5. The molecule has 1 unspecified atom stereocenters. The van der Waals surface area contributed by atoms with Crippen LogP contribution in [0.15, 0.2) is 18.2 Å². The normalized spacial score (nSPS) is 19.4. The Morgan fingerprint density at radius 1 is 1.45 bits per heavy atom. The van der Waals surface area contributed by atoms with Crippen LogP contribution in [0.3, 0.4) is 0 Å². The van der Waals surface area contributed by atoms with E-state index in [0.29, 0.717) is 18.3 Å². The SMILES string of the molecule is Nc1cccc(CN2CCCC2CCCO)c1C(=O)O. The third kappa shape index (κ3) is 3.29. The summed E-state index contributed by atoms with van der Waals surface area (Å²) in [5.41, 5.74) is 7.09. The summed E-state index contributed by atoms with van der Waals surface area (Å²) in [6.45, 7) is 1.80. The molecule has 0 saturated carbocycles. The smallest absolute Gasteiger partial charge is 0.338 e. The Kier molecular flexibility index (Phi) is 4.98. The first-order valence-corrected chi connectivity index (χ1v) is 7.09. The second-order valence-corrected chi connectivity index (χ2v) is 5.32. The largest absolute Gasteiger partial charge is 0.478 e. The number of hydrogen-bond donors (Lipinski definition) is 3. The number of carboxylic acids is 1. The number of aromatic carboxylic acids is 1. The molecule has 0 radical (unpaired) electrons. The van der Waals surface area contributed by atoms with Gasteiger partial charge in [-0.05, 0) is 43.9 Å². The number of anilines is 1. The average Bonchev–Trinajstić information content (AvgIpc) is 2.83. The summed E-state index contributed by atoms with van der Waals surface area (Å²) < 4.78 is 0. The van der Waals surface area contributed by atoms with E-state index in [2.05, 4.69) is 4.90 Å². The molecule has 5 nitrogen and oxygen atoms in total. The lowest BCUT2D eigenvalue weighted by Gasteiger charge is -2.25. The maximum atomic E-state index is 11.3. The zero-order valence-corrected chi connectivity index (χ0v) is 11.6. The lowest BCUT2D eigenvalue weighted by Crippen LogP contribution is -2.30. The van der Waals surface area contributed by atoms with Gasteiger partial charge < -0.3 is 15.9 Å². The van der Waals surface area contributed by atoms with Crippen molar-refractivity contribution in [3.8, 4) is 0 Å². The van der Waals surface area contributed by atoms with Gasteiger partial charge in [0.25, 0.3) is 0 Å². The van der Waals surface area contributed by atoms with E-state index in [4.69, 9.17) is 10.8 Å². The Balaban J connectivity index is 2.13. The predicted molar refractivity (Wildman–Crippen MR) is 77.6 cm³/mol. The highest BCUT2D eigenvalue weighted by Crippen LogP contribution is 2.26. The average molecular weight is 278 g/mol. The third-order valence-electron chi connectivity index (χ3n) is 3.96. The number of nitrogen functional groups attached to an aromatic ring is 1. The van der Waals surface area contributed by atoms with Crippen LogP contribution < -0.4 is 5.73 Å². The summed E-state index contributed by atoms with van der Waals surface area (Å²) in [5.74, 6) is -0.968. The van der Waals surface area contributed by atoms with Gasteiger partial charge in [-0.1, -0.05) is 12.1 Å². The van der Waals surface area contributed by atoms with Crippen molar-refractivity contribution in [3.05, 3.63) is 29.3 Å². The molecular formula is C15H22N2O3. The predicted octanol–water partition coefficient (Wildman–Crippen LogP) is 1.70. The Morgan fingerprint density at radius 3 is 2.95 bits per heavy atom. The van der Waals surface area contributed by atoms with Gasteiger partial charge in [-0.15, -0.1) is 0 Å². The van der Waals surface area contributed by atoms with Gasteiger partial charge in [0, 0.05) is 24.9 Å². The maximum Gasteiger partial charge on any atom is 0.338 e. The van der Waals surface area contributed by atoms with Crippen molar-refractivity contribution in [2.24, 2.45) is 0 Å². The van der Waals surface area contributed by atoms with Gasteiger partial charge in [0.2, 0.25) is 0 Å². The molecule has 1 aliphatic heterocycles. The summed E-state index contributed by atoms with van der Waals surface area (Å²) in [7, 11) is 0. The molecule has 0 amide bonds. The minimum absolute atomic E-state index is 0.211. The van der Waals surface area contributed by atoms with Crippen LogP contribution in [0.2, 0.25) is 0 Å². The highest BCUT2D eigenvalue weighted by atomic mass is 16.4. The first-order chi connectivity index (χ1) is 9.63. The Hall–Kier alpha value is -1.59. The monoisotopic (exact) mass is 278 g/mol. The molecule has 1 aromatic carbocycles. The van der Waals surface area contributed by atoms with Crippen molar-refractivity contribution in [1.29, 1.82) is 0 Å². The number of rotatable bonds is 6. The molecule has 1 fully saturated rings. The van der Waals surface area contributed by atoms with Crippen LogP contribution in [-0.4, -0.2) is 40.3 Å².